The van der Waals surface area contributed by atoms with Crippen LogP contribution in [0.1, 0.15) is 26.7 Å². The maximum atomic E-state index is 11.9. The quantitative estimate of drug-likeness (QED) is 0.689. The fourth-order valence-corrected chi connectivity index (χ4v) is 2.00. The Morgan fingerprint density at radius 2 is 2.06 bits per heavy atom. The molecule has 4 heteroatoms. The average molecular weight is 227 g/mol. The first-order valence-electron chi connectivity index (χ1n) is 6.22. The number of hydrogen-bond acceptors (Lipinski definition) is 3. The molecule has 0 aliphatic heterocycles. The summed E-state index contributed by atoms with van der Waals surface area (Å²) in [6.45, 7) is 6.44. The summed E-state index contributed by atoms with van der Waals surface area (Å²) in [6, 6.07) is 0.889. The number of hydrogen-bond donors (Lipinski definition) is 1. The van der Waals surface area contributed by atoms with E-state index in [1.165, 1.54) is 12.8 Å². The summed E-state index contributed by atoms with van der Waals surface area (Å²) >= 11 is 0. The van der Waals surface area contributed by atoms with Gasteiger partial charge in [-0.05, 0) is 40.8 Å². The molecule has 1 unspecified atom stereocenters. The van der Waals surface area contributed by atoms with Crippen molar-refractivity contribution in [3.05, 3.63) is 0 Å². The van der Waals surface area contributed by atoms with E-state index in [2.05, 4.69) is 24.1 Å². The summed E-state index contributed by atoms with van der Waals surface area (Å²) in [6.07, 6.45) is 2.37. The normalized spacial score (nSPS) is 17.6. The first-order chi connectivity index (χ1) is 7.54. The van der Waals surface area contributed by atoms with Gasteiger partial charge in [0.15, 0.2) is 0 Å². The van der Waals surface area contributed by atoms with Crippen molar-refractivity contribution in [2.75, 3.05) is 33.7 Å². The third kappa shape index (κ3) is 4.49. The van der Waals surface area contributed by atoms with Crippen molar-refractivity contribution in [2.45, 2.75) is 38.8 Å². The topological polar surface area (TPSA) is 35.6 Å². The minimum atomic E-state index is 0.246. The van der Waals surface area contributed by atoms with Gasteiger partial charge in [-0.15, -0.1) is 0 Å². The zero-order valence-electron chi connectivity index (χ0n) is 11.0. The molecule has 1 amide bonds. The van der Waals surface area contributed by atoms with Gasteiger partial charge in [0, 0.05) is 25.2 Å². The van der Waals surface area contributed by atoms with Crippen LogP contribution < -0.4 is 5.32 Å². The van der Waals surface area contributed by atoms with Crippen molar-refractivity contribution in [1.82, 2.24) is 15.1 Å². The monoisotopic (exact) mass is 227 g/mol. The predicted molar refractivity (Wildman–Crippen MR) is 66.4 cm³/mol. The second-order valence-electron chi connectivity index (χ2n) is 4.96. The number of rotatable bonds is 7. The first kappa shape index (κ1) is 13.5. The highest BCUT2D eigenvalue weighted by Gasteiger charge is 2.30. The molecule has 1 rings (SSSR count). The van der Waals surface area contributed by atoms with Crippen LogP contribution in [-0.2, 0) is 4.79 Å². The predicted octanol–water partition coefficient (Wildman–Crippen LogP) is 0.537. The Morgan fingerprint density at radius 1 is 1.44 bits per heavy atom. The summed E-state index contributed by atoms with van der Waals surface area (Å²) in [7, 11) is 4.09. The summed E-state index contributed by atoms with van der Waals surface area (Å²) in [5.74, 6) is 0.246. The van der Waals surface area contributed by atoms with E-state index in [1.54, 1.807) is 0 Å². The minimum absolute atomic E-state index is 0.246. The number of amides is 1. The second kappa shape index (κ2) is 6.21. The van der Waals surface area contributed by atoms with E-state index in [4.69, 9.17) is 0 Å². The molecule has 0 bridgehead atoms. The van der Waals surface area contributed by atoms with Crippen molar-refractivity contribution < 1.29 is 4.79 Å². The maximum absolute atomic E-state index is 11.9. The van der Waals surface area contributed by atoms with Gasteiger partial charge in [-0.25, -0.2) is 0 Å². The van der Waals surface area contributed by atoms with Gasteiger partial charge in [0.2, 0.25) is 5.91 Å². The standard InChI is InChI=1S/C12H25N3O/c1-5-15(11-6-7-11)12(16)8-13-10(2)9-14(3)4/h10-11,13H,5-9H2,1-4H3. The van der Waals surface area contributed by atoms with Crippen LogP contribution in [0.4, 0.5) is 0 Å². The molecule has 16 heavy (non-hydrogen) atoms. The van der Waals surface area contributed by atoms with Gasteiger partial charge in [-0.2, -0.15) is 0 Å². The van der Waals surface area contributed by atoms with Crippen LogP contribution >= 0.6 is 0 Å². The molecule has 1 fully saturated rings. The lowest BCUT2D eigenvalue weighted by Crippen LogP contribution is -2.44. The molecule has 0 aromatic heterocycles. The molecule has 1 atom stereocenters. The summed E-state index contributed by atoms with van der Waals surface area (Å²) < 4.78 is 0. The van der Waals surface area contributed by atoms with E-state index >= 15 is 0 Å². The van der Waals surface area contributed by atoms with Crippen LogP contribution in [0.5, 0.6) is 0 Å². The van der Waals surface area contributed by atoms with Gasteiger partial charge in [0.25, 0.3) is 0 Å². The zero-order chi connectivity index (χ0) is 12.1. The molecule has 0 aromatic carbocycles. The second-order valence-corrected chi connectivity index (χ2v) is 4.96. The molecule has 0 radical (unpaired) electrons. The number of nitrogens with one attached hydrogen (secondary N) is 1. The molecule has 0 heterocycles. The van der Waals surface area contributed by atoms with Gasteiger partial charge in [-0.1, -0.05) is 0 Å². The van der Waals surface area contributed by atoms with Gasteiger partial charge in [0.1, 0.15) is 0 Å². The molecule has 1 aliphatic carbocycles. The SMILES string of the molecule is CCN(C(=O)CNC(C)CN(C)C)C1CC1. The molecular formula is C12H25N3O. The molecule has 1 aliphatic rings. The molecule has 4 nitrogen and oxygen atoms in total. The zero-order valence-corrected chi connectivity index (χ0v) is 11.0. The van der Waals surface area contributed by atoms with E-state index < -0.39 is 0 Å². The third-order valence-corrected chi connectivity index (χ3v) is 2.89. The van der Waals surface area contributed by atoms with E-state index in [0.717, 1.165) is 13.1 Å². The lowest BCUT2D eigenvalue weighted by Gasteiger charge is -2.23. The van der Waals surface area contributed by atoms with Crippen molar-refractivity contribution in [3.63, 3.8) is 0 Å². The largest absolute Gasteiger partial charge is 0.339 e. The van der Waals surface area contributed by atoms with Gasteiger partial charge in [0.05, 0.1) is 6.54 Å². The van der Waals surface area contributed by atoms with E-state index in [-0.39, 0.29) is 5.91 Å². The first-order valence-corrected chi connectivity index (χ1v) is 6.22. The number of nitrogens with zero attached hydrogens (tertiary/aromatic N) is 2. The minimum Gasteiger partial charge on any atom is -0.339 e. The molecule has 1 N–H and O–H groups in total. The highest BCUT2D eigenvalue weighted by atomic mass is 16.2. The molecule has 0 saturated heterocycles. The fraction of sp³-hybridized carbons (Fsp3) is 0.917. The molecular weight excluding hydrogens is 202 g/mol. The van der Waals surface area contributed by atoms with Crippen LogP contribution in [0.25, 0.3) is 0 Å². The smallest absolute Gasteiger partial charge is 0.236 e. The van der Waals surface area contributed by atoms with Crippen molar-refractivity contribution in [1.29, 1.82) is 0 Å². The van der Waals surface area contributed by atoms with E-state index in [9.17, 15) is 4.79 Å². The summed E-state index contributed by atoms with van der Waals surface area (Å²) in [5, 5.41) is 3.28. The summed E-state index contributed by atoms with van der Waals surface area (Å²) in [4.78, 5) is 16.0. The van der Waals surface area contributed by atoms with Crippen LogP contribution in [-0.4, -0.2) is 61.5 Å². The molecule has 1 saturated carbocycles. The Bertz CT molecular complexity index is 226. The number of carbonyl (C=O) groups is 1. The maximum Gasteiger partial charge on any atom is 0.236 e. The lowest BCUT2D eigenvalue weighted by molar-refractivity contribution is -0.130. The Hall–Kier alpha value is -0.610. The van der Waals surface area contributed by atoms with E-state index in [0.29, 0.717) is 18.6 Å². The molecule has 0 spiro atoms. The Kier molecular flexibility index (Phi) is 5.22. The van der Waals surface area contributed by atoms with Crippen molar-refractivity contribution in [3.8, 4) is 0 Å². The highest BCUT2D eigenvalue weighted by molar-refractivity contribution is 5.78. The summed E-state index contributed by atoms with van der Waals surface area (Å²) in [5.41, 5.74) is 0. The Labute approximate surface area is 99.0 Å². The van der Waals surface area contributed by atoms with Crippen LogP contribution in [0, 0.1) is 0 Å². The number of likely N-dealkylation sites (N-methyl/N-ethyl adjacent to an activating group) is 2. The van der Waals surface area contributed by atoms with E-state index in [1.807, 2.05) is 19.0 Å². The van der Waals surface area contributed by atoms with Crippen molar-refractivity contribution in [2.24, 2.45) is 0 Å². The van der Waals surface area contributed by atoms with Gasteiger partial charge >= 0.3 is 0 Å². The third-order valence-electron chi connectivity index (χ3n) is 2.89. The molecule has 0 aromatic rings. The van der Waals surface area contributed by atoms with Crippen LogP contribution in [0.3, 0.4) is 0 Å². The van der Waals surface area contributed by atoms with Crippen LogP contribution in [0.15, 0.2) is 0 Å². The average Bonchev–Trinajstić information content (AvgIpc) is 2.99. The Morgan fingerprint density at radius 3 is 2.50 bits per heavy atom. The van der Waals surface area contributed by atoms with Gasteiger partial charge < -0.3 is 15.1 Å². The van der Waals surface area contributed by atoms with Gasteiger partial charge in [-0.3, -0.25) is 4.79 Å². The molecule has 94 valence electrons. The highest BCUT2D eigenvalue weighted by Crippen LogP contribution is 2.26. The lowest BCUT2D eigenvalue weighted by atomic mass is 10.3. The van der Waals surface area contributed by atoms with Crippen molar-refractivity contribution >= 4 is 5.91 Å². The number of carbonyl (C=O) groups excluding carboxylic acids is 1. The Balaban J connectivity index is 2.22. The van der Waals surface area contributed by atoms with Crippen LogP contribution in [0.2, 0.25) is 0 Å². The fourth-order valence-electron chi connectivity index (χ4n) is 2.00.